The van der Waals surface area contributed by atoms with Gasteiger partial charge in [0.05, 0.1) is 17.8 Å². The molecular weight excluding hydrogens is 442 g/mol. The Kier molecular flexibility index (Phi) is 5.45. The molecule has 0 saturated heterocycles. The summed E-state index contributed by atoms with van der Waals surface area (Å²) in [5.74, 6) is 0.377. The summed E-state index contributed by atoms with van der Waals surface area (Å²) in [6.07, 6.45) is 1.88. The van der Waals surface area contributed by atoms with E-state index in [2.05, 4.69) is 14.8 Å². The third-order valence-electron chi connectivity index (χ3n) is 5.37. The van der Waals surface area contributed by atoms with Gasteiger partial charge in [0, 0.05) is 35.6 Å². The Balaban J connectivity index is 1.74. The van der Waals surface area contributed by atoms with Gasteiger partial charge in [-0.15, -0.1) is 0 Å². The molecule has 0 aliphatic rings. The summed E-state index contributed by atoms with van der Waals surface area (Å²) in [6, 6.07) is 16.9. The molecule has 0 N–H and O–H groups in total. The van der Waals surface area contributed by atoms with Crippen molar-refractivity contribution in [1.29, 1.82) is 0 Å². The van der Waals surface area contributed by atoms with Crippen molar-refractivity contribution < 1.29 is 18.3 Å². The first-order valence-corrected chi connectivity index (χ1v) is 10.6. The second kappa shape index (κ2) is 8.58. The molecule has 0 saturated carbocycles. The van der Waals surface area contributed by atoms with Crippen LogP contribution >= 0.6 is 0 Å². The molecular formula is C25H20F2N4O3. The number of hydrogen-bond donors (Lipinski definition) is 0. The zero-order chi connectivity index (χ0) is 23.8. The van der Waals surface area contributed by atoms with Gasteiger partial charge < -0.3 is 9.47 Å². The highest BCUT2D eigenvalue weighted by Crippen LogP contribution is 2.27. The average molecular weight is 462 g/mol. The summed E-state index contributed by atoms with van der Waals surface area (Å²) < 4.78 is 38.3. The van der Waals surface area contributed by atoms with Crippen LogP contribution in [0, 0.1) is 0 Å². The predicted molar refractivity (Wildman–Crippen MR) is 125 cm³/mol. The minimum atomic E-state index is -2.93. The standard InChI is InChI=1S/C25H20F2N4O3/c1-3-33-22-11-5-16-13-20(15-4-10-21-17(12-15)14-30(2)29-21)24(32)31(23(16)28-22)18-6-8-19(9-7-18)34-25(26)27/h4-14,25H,3H2,1-2H3. The lowest BCUT2D eigenvalue weighted by Crippen LogP contribution is -2.21. The van der Waals surface area contributed by atoms with Crippen molar-refractivity contribution in [2.45, 2.75) is 13.5 Å². The highest BCUT2D eigenvalue weighted by Gasteiger charge is 2.16. The van der Waals surface area contributed by atoms with Gasteiger partial charge in [-0.25, -0.2) is 0 Å². The smallest absolute Gasteiger partial charge is 0.387 e. The van der Waals surface area contributed by atoms with Crippen LogP contribution in [0.3, 0.4) is 0 Å². The van der Waals surface area contributed by atoms with E-state index in [0.717, 1.165) is 21.9 Å². The number of pyridine rings is 2. The lowest BCUT2D eigenvalue weighted by molar-refractivity contribution is -0.0498. The molecule has 5 aromatic rings. The van der Waals surface area contributed by atoms with Gasteiger partial charge in [0.2, 0.25) is 5.88 Å². The number of nitrogens with zero attached hydrogens (tertiary/aromatic N) is 4. The van der Waals surface area contributed by atoms with E-state index < -0.39 is 6.61 Å². The molecule has 2 aromatic carbocycles. The maximum atomic E-state index is 13.8. The number of benzene rings is 2. The van der Waals surface area contributed by atoms with Crippen LogP contribution in [0.5, 0.6) is 11.6 Å². The van der Waals surface area contributed by atoms with E-state index in [1.54, 1.807) is 28.9 Å². The van der Waals surface area contributed by atoms with Gasteiger partial charge in [0.25, 0.3) is 5.56 Å². The third-order valence-corrected chi connectivity index (χ3v) is 5.37. The molecule has 5 rings (SSSR count). The van der Waals surface area contributed by atoms with E-state index >= 15 is 0 Å². The second-order valence-electron chi connectivity index (χ2n) is 7.64. The first-order valence-electron chi connectivity index (χ1n) is 10.6. The minimum Gasteiger partial charge on any atom is -0.478 e. The summed E-state index contributed by atoms with van der Waals surface area (Å²) in [7, 11) is 1.84. The van der Waals surface area contributed by atoms with Crippen molar-refractivity contribution in [1.82, 2.24) is 19.3 Å². The van der Waals surface area contributed by atoms with E-state index in [1.165, 1.54) is 16.7 Å². The average Bonchev–Trinajstić information content (AvgIpc) is 3.18. The molecule has 172 valence electrons. The van der Waals surface area contributed by atoms with Crippen LogP contribution in [-0.2, 0) is 7.05 Å². The van der Waals surface area contributed by atoms with Crippen molar-refractivity contribution in [2.75, 3.05) is 6.61 Å². The van der Waals surface area contributed by atoms with Gasteiger partial charge in [0.15, 0.2) is 5.65 Å². The molecule has 0 bridgehead atoms. The number of hydrogen-bond acceptors (Lipinski definition) is 5. The Morgan fingerprint density at radius 1 is 1.00 bits per heavy atom. The maximum absolute atomic E-state index is 13.8. The molecule has 34 heavy (non-hydrogen) atoms. The summed E-state index contributed by atoms with van der Waals surface area (Å²) in [5, 5.41) is 6.01. The van der Waals surface area contributed by atoms with Crippen LogP contribution in [0.15, 0.2) is 71.7 Å². The van der Waals surface area contributed by atoms with Gasteiger partial charge in [-0.1, -0.05) is 6.07 Å². The van der Waals surface area contributed by atoms with Gasteiger partial charge in [0.1, 0.15) is 5.75 Å². The van der Waals surface area contributed by atoms with Crippen molar-refractivity contribution >= 4 is 21.9 Å². The molecule has 7 nitrogen and oxygen atoms in total. The van der Waals surface area contributed by atoms with E-state index in [4.69, 9.17) is 4.74 Å². The monoisotopic (exact) mass is 462 g/mol. The molecule has 0 aliphatic heterocycles. The number of aromatic nitrogens is 4. The van der Waals surface area contributed by atoms with Gasteiger partial charge in [-0.05, 0) is 61.0 Å². The lowest BCUT2D eigenvalue weighted by atomic mass is 10.0. The van der Waals surface area contributed by atoms with E-state index in [-0.39, 0.29) is 11.3 Å². The van der Waals surface area contributed by atoms with Crippen molar-refractivity contribution in [3.8, 4) is 28.4 Å². The Morgan fingerprint density at radius 3 is 2.53 bits per heavy atom. The topological polar surface area (TPSA) is 71.2 Å². The predicted octanol–water partition coefficient (Wildman–Crippen LogP) is 4.94. The largest absolute Gasteiger partial charge is 0.478 e. The first kappa shape index (κ1) is 21.6. The maximum Gasteiger partial charge on any atom is 0.387 e. The van der Waals surface area contributed by atoms with Gasteiger partial charge in [-0.2, -0.15) is 18.9 Å². The molecule has 0 atom stereocenters. The Hall–Kier alpha value is -4.27. The SMILES string of the molecule is CCOc1ccc2cc(-c3ccc4nn(C)cc4c3)c(=O)n(-c3ccc(OC(F)F)cc3)c2n1. The number of alkyl halides is 2. The van der Waals surface area contributed by atoms with Crippen LogP contribution in [0.25, 0.3) is 38.8 Å². The van der Waals surface area contributed by atoms with Crippen LogP contribution in [-0.4, -0.2) is 32.5 Å². The number of aryl methyl sites for hydroxylation is 1. The highest BCUT2D eigenvalue weighted by atomic mass is 19.3. The Morgan fingerprint density at radius 2 is 1.79 bits per heavy atom. The van der Waals surface area contributed by atoms with Crippen molar-refractivity contribution in [3.05, 3.63) is 77.2 Å². The molecule has 0 spiro atoms. The van der Waals surface area contributed by atoms with Crippen LogP contribution in [0.4, 0.5) is 8.78 Å². The number of fused-ring (bicyclic) bond motifs is 2. The minimum absolute atomic E-state index is 0.00254. The quantitative estimate of drug-likeness (QED) is 0.358. The first-order chi connectivity index (χ1) is 16.4. The highest BCUT2D eigenvalue weighted by molar-refractivity contribution is 5.88. The molecule has 0 aliphatic carbocycles. The van der Waals surface area contributed by atoms with E-state index in [9.17, 15) is 13.6 Å². The molecule has 0 fully saturated rings. The van der Waals surface area contributed by atoms with Crippen molar-refractivity contribution in [3.63, 3.8) is 0 Å². The van der Waals surface area contributed by atoms with Crippen molar-refractivity contribution in [2.24, 2.45) is 7.05 Å². The van der Waals surface area contributed by atoms with Crippen LogP contribution in [0.1, 0.15) is 6.92 Å². The van der Waals surface area contributed by atoms with Crippen LogP contribution < -0.4 is 15.0 Å². The third kappa shape index (κ3) is 3.96. The van der Waals surface area contributed by atoms with E-state index in [1.807, 2.05) is 44.4 Å². The molecule has 0 unspecified atom stereocenters. The number of rotatable bonds is 6. The Labute approximate surface area is 192 Å². The lowest BCUT2D eigenvalue weighted by Gasteiger charge is -2.14. The summed E-state index contributed by atoms with van der Waals surface area (Å²) in [6.45, 7) is -0.667. The molecule has 0 radical (unpaired) electrons. The molecule has 3 aromatic heterocycles. The number of halogens is 2. The summed E-state index contributed by atoms with van der Waals surface area (Å²) >= 11 is 0. The zero-order valence-corrected chi connectivity index (χ0v) is 18.4. The second-order valence-corrected chi connectivity index (χ2v) is 7.64. The van der Waals surface area contributed by atoms with Gasteiger partial charge in [-0.3, -0.25) is 14.0 Å². The fraction of sp³-hybridized carbons (Fsp3) is 0.160. The molecule has 0 amide bonds. The fourth-order valence-electron chi connectivity index (χ4n) is 3.94. The summed E-state index contributed by atoms with van der Waals surface area (Å²) in [4.78, 5) is 18.3. The van der Waals surface area contributed by atoms with Crippen LogP contribution in [0.2, 0.25) is 0 Å². The van der Waals surface area contributed by atoms with E-state index in [0.29, 0.717) is 29.4 Å². The zero-order valence-electron chi connectivity index (χ0n) is 18.4. The van der Waals surface area contributed by atoms with Gasteiger partial charge >= 0.3 is 6.61 Å². The Bertz CT molecular complexity index is 1560. The normalized spacial score (nSPS) is 11.4. The molecule has 9 heteroatoms. The summed E-state index contributed by atoms with van der Waals surface area (Å²) in [5.41, 5.74) is 2.57. The molecule has 3 heterocycles. The fourth-order valence-corrected chi connectivity index (χ4v) is 3.94. The number of ether oxygens (including phenoxy) is 2.